The van der Waals surface area contributed by atoms with Crippen LogP contribution in [-0.2, 0) is 4.79 Å². The molecule has 0 radical (unpaired) electrons. The highest BCUT2D eigenvalue weighted by Crippen LogP contribution is 2.43. The van der Waals surface area contributed by atoms with Crippen LogP contribution in [0.4, 0.5) is 25.2 Å². The molecule has 2 N–H and O–H groups in total. The second-order valence-corrected chi connectivity index (χ2v) is 8.38. The summed E-state index contributed by atoms with van der Waals surface area (Å²) < 4.78 is 29.6. The number of carbonyl (C=O) groups is 2. The highest BCUT2D eigenvalue weighted by atomic mass is 32.1. The Labute approximate surface area is 187 Å². The van der Waals surface area contributed by atoms with Gasteiger partial charge in [0.25, 0.3) is 11.8 Å². The second-order valence-electron chi connectivity index (χ2n) is 7.46. The number of carboxylic acids is 1. The van der Waals surface area contributed by atoms with Crippen molar-refractivity contribution in [1.29, 1.82) is 0 Å². The topological polar surface area (TPSA) is 69.6 Å². The first-order chi connectivity index (χ1) is 15.3. The van der Waals surface area contributed by atoms with E-state index in [1.54, 1.807) is 53.8 Å². The summed E-state index contributed by atoms with van der Waals surface area (Å²) in [5.41, 5.74) is 1.98. The van der Waals surface area contributed by atoms with Gasteiger partial charge in [-0.1, -0.05) is 18.2 Å². The van der Waals surface area contributed by atoms with Crippen LogP contribution in [0.3, 0.4) is 0 Å². The largest absolute Gasteiger partial charge is 0.478 e. The first-order valence-electron chi connectivity index (χ1n) is 9.91. The van der Waals surface area contributed by atoms with E-state index in [9.17, 15) is 18.4 Å². The molecule has 4 rings (SSSR count). The van der Waals surface area contributed by atoms with E-state index < -0.39 is 29.8 Å². The van der Waals surface area contributed by atoms with Crippen LogP contribution in [0.15, 0.2) is 66.1 Å². The highest BCUT2D eigenvalue weighted by molar-refractivity contribution is 7.14. The van der Waals surface area contributed by atoms with Crippen molar-refractivity contribution in [3.8, 4) is 0 Å². The van der Waals surface area contributed by atoms with Crippen molar-refractivity contribution in [2.24, 2.45) is 0 Å². The molecule has 1 aliphatic rings. The van der Waals surface area contributed by atoms with Crippen molar-refractivity contribution in [1.82, 2.24) is 0 Å². The fourth-order valence-electron chi connectivity index (χ4n) is 3.64. The third-order valence-electron chi connectivity index (χ3n) is 5.29. The minimum atomic E-state index is -3.38. The number of aryl methyl sites for hydroxylation is 1. The summed E-state index contributed by atoms with van der Waals surface area (Å²) in [5.74, 6) is -5.27. The van der Waals surface area contributed by atoms with E-state index in [1.165, 1.54) is 11.0 Å². The minimum absolute atomic E-state index is 0.0391. The lowest BCUT2D eigenvalue weighted by Crippen LogP contribution is -2.33. The zero-order valence-electron chi connectivity index (χ0n) is 17.1. The Bertz CT molecular complexity index is 1200. The highest BCUT2D eigenvalue weighted by Gasteiger charge is 2.41. The molecule has 32 heavy (non-hydrogen) atoms. The fourth-order valence-corrected chi connectivity index (χ4v) is 4.48. The molecular weight excluding hydrogens is 434 g/mol. The van der Waals surface area contributed by atoms with Gasteiger partial charge in [-0.25, -0.2) is 13.6 Å². The molecule has 1 amide bonds. The lowest BCUT2D eigenvalue weighted by Gasteiger charge is -2.23. The lowest BCUT2D eigenvalue weighted by atomic mass is 9.97. The maximum absolute atomic E-state index is 14.8. The van der Waals surface area contributed by atoms with E-state index >= 15 is 0 Å². The number of allylic oxidation sites excluding steroid dienone is 1. The van der Waals surface area contributed by atoms with Crippen LogP contribution in [0.25, 0.3) is 5.57 Å². The van der Waals surface area contributed by atoms with Crippen molar-refractivity contribution >= 4 is 45.2 Å². The number of carboxylic acid groups (broad SMARTS) is 1. The van der Waals surface area contributed by atoms with E-state index in [2.05, 4.69) is 5.32 Å². The number of para-hydroxylation sites is 1. The number of hydrogen-bond donors (Lipinski definition) is 2. The van der Waals surface area contributed by atoms with E-state index in [4.69, 9.17) is 5.11 Å². The number of carbonyl (C=O) groups excluding carboxylic acids is 1. The zero-order chi connectivity index (χ0) is 22.9. The van der Waals surface area contributed by atoms with Crippen molar-refractivity contribution in [3.63, 3.8) is 0 Å². The number of benzene rings is 2. The van der Waals surface area contributed by atoms with E-state index in [0.717, 1.165) is 16.3 Å². The Morgan fingerprint density at radius 3 is 2.50 bits per heavy atom. The van der Waals surface area contributed by atoms with Crippen molar-refractivity contribution < 1.29 is 23.5 Å². The predicted octanol–water partition coefficient (Wildman–Crippen LogP) is 5.95. The summed E-state index contributed by atoms with van der Waals surface area (Å²) in [6.45, 7) is 1.75. The number of aliphatic carboxylic acids is 1. The quantitative estimate of drug-likeness (QED) is 0.478. The Balaban J connectivity index is 1.66. The van der Waals surface area contributed by atoms with Crippen LogP contribution in [0.5, 0.6) is 0 Å². The SMILES string of the molecule is Cc1ccsc1Nc1ccc(C(=O)N2CCC(F)(F)/C(=C\C(=O)O)c3ccccc32)cc1. The van der Waals surface area contributed by atoms with Crippen LogP contribution in [0.2, 0.25) is 0 Å². The Kier molecular flexibility index (Phi) is 5.80. The number of hydrogen-bond acceptors (Lipinski definition) is 4. The smallest absolute Gasteiger partial charge is 0.328 e. The zero-order valence-corrected chi connectivity index (χ0v) is 18.0. The maximum Gasteiger partial charge on any atom is 0.328 e. The van der Waals surface area contributed by atoms with Gasteiger partial charge in [0, 0.05) is 41.4 Å². The first kappa shape index (κ1) is 21.7. The molecule has 2 aromatic carbocycles. The summed E-state index contributed by atoms with van der Waals surface area (Å²) in [5, 5.41) is 15.4. The molecule has 0 aliphatic carbocycles. The molecule has 2 heterocycles. The van der Waals surface area contributed by atoms with Crippen molar-refractivity contribution in [3.05, 3.63) is 82.7 Å². The van der Waals surface area contributed by atoms with Crippen LogP contribution >= 0.6 is 11.3 Å². The van der Waals surface area contributed by atoms with E-state index in [0.29, 0.717) is 11.6 Å². The molecule has 5 nitrogen and oxygen atoms in total. The molecule has 164 valence electrons. The number of anilines is 3. The molecule has 1 aromatic heterocycles. The van der Waals surface area contributed by atoms with Gasteiger partial charge in [0.2, 0.25) is 0 Å². The van der Waals surface area contributed by atoms with Gasteiger partial charge in [-0.3, -0.25) is 4.79 Å². The molecule has 0 atom stereocenters. The molecule has 0 bridgehead atoms. The van der Waals surface area contributed by atoms with E-state index in [-0.39, 0.29) is 17.8 Å². The lowest BCUT2D eigenvalue weighted by molar-refractivity contribution is -0.131. The number of fused-ring (bicyclic) bond motifs is 1. The van der Waals surface area contributed by atoms with Gasteiger partial charge in [0.15, 0.2) is 0 Å². The van der Waals surface area contributed by atoms with Gasteiger partial charge >= 0.3 is 5.97 Å². The first-order valence-corrected chi connectivity index (χ1v) is 10.8. The minimum Gasteiger partial charge on any atom is -0.478 e. The van der Waals surface area contributed by atoms with Gasteiger partial charge in [-0.15, -0.1) is 11.3 Å². The molecule has 0 saturated carbocycles. The van der Waals surface area contributed by atoms with Crippen molar-refractivity contribution in [2.75, 3.05) is 16.8 Å². The Hall–Kier alpha value is -3.52. The van der Waals surface area contributed by atoms with Crippen molar-refractivity contribution in [2.45, 2.75) is 19.3 Å². The number of alkyl halides is 2. The summed E-state index contributed by atoms with van der Waals surface area (Å²) in [6, 6.07) is 15.0. The average molecular weight is 454 g/mol. The standard InChI is InChI=1S/C24H20F2N2O3S/c1-15-10-13-32-22(15)27-17-8-6-16(7-9-17)23(31)28-12-11-24(25,26)19(14-21(29)30)18-4-2-3-5-20(18)28/h2-10,13-14,27H,11-12H2,1H3,(H,29,30)/b19-14-. The monoisotopic (exact) mass is 454 g/mol. The molecule has 0 spiro atoms. The van der Waals surface area contributed by atoms with Crippen LogP contribution < -0.4 is 10.2 Å². The molecule has 8 heteroatoms. The number of amides is 1. The predicted molar refractivity (Wildman–Crippen MR) is 122 cm³/mol. The van der Waals surface area contributed by atoms with Gasteiger partial charge in [0.1, 0.15) is 0 Å². The molecule has 1 aliphatic heterocycles. The van der Waals surface area contributed by atoms with Crippen LogP contribution in [0, 0.1) is 6.92 Å². The molecule has 3 aromatic rings. The number of thiophene rings is 1. The third kappa shape index (κ3) is 4.27. The molecule has 0 unspecified atom stereocenters. The summed E-state index contributed by atoms with van der Waals surface area (Å²) in [4.78, 5) is 25.7. The Morgan fingerprint density at radius 2 is 1.84 bits per heavy atom. The normalized spacial score (nSPS) is 16.3. The van der Waals surface area contributed by atoms with Gasteiger partial charge in [-0.2, -0.15) is 0 Å². The van der Waals surface area contributed by atoms with Gasteiger partial charge < -0.3 is 15.3 Å². The van der Waals surface area contributed by atoms with E-state index in [1.807, 2.05) is 18.4 Å². The molecule has 0 saturated heterocycles. The molecular formula is C24H20F2N2O3S. The number of rotatable bonds is 4. The maximum atomic E-state index is 14.8. The summed E-state index contributed by atoms with van der Waals surface area (Å²) >= 11 is 1.57. The van der Waals surface area contributed by atoms with Gasteiger partial charge in [-0.05, 0) is 54.3 Å². The van der Waals surface area contributed by atoms with Crippen LogP contribution in [-0.4, -0.2) is 29.5 Å². The number of halogens is 2. The number of nitrogens with one attached hydrogen (secondary N) is 1. The fraction of sp³-hybridized carbons (Fsp3) is 0.167. The Morgan fingerprint density at radius 1 is 1.12 bits per heavy atom. The molecule has 0 fully saturated rings. The summed E-state index contributed by atoms with van der Waals surface area (Å²) in [7, 11) is 0. The third-order valence-corrected chi connectivity index (χ3v) is 6.23. The van der Waals surface area contributed by atoms with Crippen LogP contribution in [0.1, 0.15) is 27.9 Å². The summed E-state index contributed by atoms with van der Waals surface area (Å²) in [6.07, 6.45) is -0.149. The average Bonchev–Trinajstić information content (AvgIpc) is 3.12. The number of nitrogens with zero attached hydrogens (tertiary/aromatic N) is 1. The van der Waals surface area contributed by atoms with Gasteiger partial charge in [0.05, 0.1) is 10.7 Å². The second kappa shape index (κ2) is 8.55.